The normalized spacial score (nSPS) is 11.0. The molecule has 0 aliphatic rings. The molecule has 2 nitrogen and oxygen atoms in total. The van der Waals surface area contributed by atoms with E-state index in [1.165, 1.54) is 6.07 Å². The smallest absolute Gasteiger partial charge is 0.417 e. The molecule has 21 heavy (non-hydrogen) atoms. The van der Waals surface area contributed by atoms with Gasteiger partial charge in [0.05, 0.1) is 17.2 Å². The summed E-state index contributed by atoms with van der Waals surface area (Å²) in [6.45, 7) is 0. The maximum atomic E-state index is 13.0. The number of ether oxygens (including phenoxy) is 1. The summed E-state index contributed by atoms with van der Waals surface area (Å²) in [7, 11) is 0. The fourth-order valence-corrected chi connectivity index (χ4v) is 1.65. The van der Waals surface area contributed by atoms with Crippen LogP contribution in [0.2, 0.25) is 0 Å². The largest absolute Gasteiger partial charge is 0.457 e. The van der Waals surface area contributed by atoms with Crippen LogP contribution in [-0.4, -0.2) is 0 Å². The number of halogens is 5. The first-order valence-electron chi connectivity index (χ1n) is 5.55. The predicted molar refractivity (Wildman–Crippen MR) is 62.6 cm³/mol. The minimum Gasteiger partial charge on any atom is -0.457 e. The van der Waals surface area contributed by atoms with Gasteiger partial charge in [0.15, 0.2) is 0 Å². The lowest BCUT2D eigenvalue weighted by atomic mass is 10.1. The Morgan fingerprint density at radius 2 is 1.52 bits per heavy atom. The molecule has 0 saturated heterocycles. The van der Waals surface area contributed by atoms with Crippen LogP contribution in [0.25, 0.3) is 0 Å². The average molecular weight is 299 g/mol. The number of nitriles is 1. The molecule has 7 heteroatoms. The second-order valence-corrected chi connectivity index (χ2v) is 4.02. The van der Waals surface area contributed by atoms with Crippen molar-refractivity contribution in [3.8, 4) is 17.6 Å². The van der Waals surface area contributed by atoms with E-state index in [-0.39, 0.29) is 11.5 Å². The zero-order valence-electron chi connectivity index (χ0n) is 10.2. The van der Waals surface area contributed by atoms with Crippen molar-refractivity contribution in [1.82, 2.24) is 0 Å². The maximum Gasteiger partial charge on any atom is 0.417 e. The van der Waals surface area contributed by atoms with Gasteiger partial charge in [0.1, 0.15) is 23.1 Å². The zero-order chi connectivity index (χ0) is 15.6. The van der Waals surface area contributed by atoms with Gasteiger partial charge in [0.2, 0.25) is 0 Å². The van der Waals surface area contributed by atoms with Gasteiger partial charge in [-0.2, -0.15) is 18.4 Å². The number of hydrogen-bond donors (Lipinski definition) is 0. The summed E-state index contributed by atoms with van der Waals surface area (Å²) in [6.07, 6.45) is -4.67. The van der Waals surface area contributed by atoms with Crippen LogP contribution in [-0.2, 0) is 6.18 Å². The Labute approximate surface area is 116 Å². The van der Waals surface area contributed by atoms with Crippen LogP contribution in [0, 0.1) is 23.0 Å². The lowest BCUT2D eigenvalue weighted by Crippen LogP contribution is -2.07. The van der Waals surface area contributed by atoms with Crippen molar-refractivity contribution < 1.29 is 26.7 Å². The predicted octanol–water partition coefficient (Wildman–Crippen LogP) is 4.65. The van der Waals surface area contributed by atoms with Crippen molar-refractivity contribution >= 4 is 0 Å². The number of alkyl halides is 3. The molecule has 0 unspecified atom stereocenters. The molecule has 0 fully saturated rings. The highest BCUT2D eigenvalue weighted by Crippen LogP contribution is 2.34. The van der Waals surface area contributed by atoms with Gasteiger partial charge < -0.3 is 4.74 Å². The topological polar surface area (TPSA) is 33.0 Å². The van der Waals surface area contributed by atoms with E-state index >= 15 is 0 Å². The first-order valence-corrected chi connectivity index (χ1v) is 5.55. The first kappa shape index (κ1) is 14.8. The molecular formula is C14H6F5NO. The third-order valence-electron chi connectivity index (χ3n) is 2.49. The van der Waals surface area contributed by atoms with Gasteiger partial charge in [-0.15, -0.1) is 0 Å². The van der Waals surface area contributed by atoms with Gasteiger partial charge in [-0.05, 0) is 18.2 Å². The molecule has 0 saturated carbocycles. The Kier molecular flexibility index (Phi) is 3.80. The molecule has 0 amide bonds. The third kappa shape index (κ3) is 3.48. The molecule has 2 rings (SSSR count). The van der Waals surface area contributed by atoms with Gasteiger partial charge in [-0.3, -0.25) is 0 Å². The Hall–Kier alpha value is -2.62. The second kappa shape index (κ2) is 5.40. The highest BCUT2D eigenvalue weighted by molar-refractivity contribution is 5.46. The summed E-state index contributed by atoms with van der Waals surface area (Å²) in [5.41, 5.74) is -1.75. The minimum atomic E-state index is -4.67. The molecule has 0 aliphatic carbocycles. The summed E-state index contributed by atoms with van der Waals surface area (Å²) < 4.78 is 68.8. The van der Waals surface area contributed by atoms with Crippen LogP contribution in [0.4, 0.5) is 22.0 Å². The van der Waals surface area contributed by atoms with Crippen LogP contribution < -0.4 is 4.74 Å². The lowest BCUT2D eigenvalue weighted by molar-refractivity contribution is -0.137. The number of nitrogens with zero attached hydrogens (tertiary/aromatic N) is 1. The fourth-order valence-electron chi connectivity index (χ4n) is 1.65. The van der Waals surface area contributed by atoms with Gasteiger partial charge in [0, 0.05) is 18.2 Å². The van der Waals surface area contributed by atoms with E-state index in [9.17, 15) is 22.0 Å². The van der Waals surface area contributed by atoms with Crippen molar-refractivity contribution in [3.63, 3.8) is 0 Å². The molecular weight excluding hydrogens is 293 g/mol. The molecule has 0 radical (unpaired) electrons. The van der Waals surface area contributed by atoms with Gasteiger partial charge in [-0.25, -0.2) is 8.78 Å². The highest BCUT2D eigenvalue weighted by Gasteiger charge is 2.33. The summed E-state index contributed by atoms with van der Waals surface area (Å²) in [4.78, 5) is 0. The second-order valence-electron chi connectivity index (χ2n) is 4.02. The molecule has 0 atom stereocenters. The summed E-state index contributed by atoms with van der Waals surface area (Å²) in [6, 6.07) is 6.25. The third-order valence-corrected chi connectivity index (χ3v) is 2.49. The summed E-state index contributed by atoms with van der Waals surface area (Å²) in [5, 5.41) is 8.73. The van der Waals surface area contributed by atoms with Crippen LogP contribution >= 0.6 is 0 Å². The van der Waals surface area contributed by atoms with Crippen molar-refractivity contribution in [3.05, 3.63) is 59.2 Å². The molecule has 0 heterocycles. The monoisotopic (exact) mass is 299 g/mol. The lowest BCUT2D eigenvalue weighted by Gasteiger charge is -2.11. The minimum absolute atomic E-state index is 0.135. The SMILES string of the molecule is N#Cc1cc(Oc2cc(F)cc(F)c2)ccc1C(F)(F)F. The summed E-state index contributed by atoms with van der Waals surface area (Å²) in [5.74, 6) is -2.14. The van der Waals surface area contributed by atoms with Crippen LogP contribution in [0.1, 0.15) is 11.1 Å². The van der Waals surface area contributed by atoms with Gasteiger partial charge in [-0.1, -0.05) is 0 Å². The van der Waals surface area contributed by atoms with E-state index in [4.69, 9.17) is 10.00 Å². The molecule has 2 aromatic rings. The highest BCUT2D eigenvalue weighted by atomic mass is 19.4. The van der Waals surface area contributed by atoms with E-state index in [2.05, 4.69) is 0 Å². The van der Waals surface area contributed by atoms with Crippen LogP contribution in [0.15, 0.2) is 36.4 Å². The van der Waals surface area contributed by atoms with E-state index in [0.717, 1.165) is 24.3 Å². The Morgan fingerprint density at radius 3 is 2.05 bits per heavy atom. The fraction of sp³-hybridized carbons (Fsp3) is 0.0714. The number of rotatable bonds is 2. The molecule has 108 valence electrons. The quantitative estimate of drug-likeness (QED) is 0.756. The number of benzene rings is 2. The Bertz CT molecular complexity index is 698. The van der Waals surface area contributed by atoms with Gasteiger partial charge in [0.25, 0.3) is 0 Å². The molecule has 0 aromatic heterocycles. The van der Waals surface area contributed by atoms with Crippen LogP contribution in [0.3, 0.4) is 0 Å². The Balaban J connectivity index is 2.36. The first-order chi connectivity index (χ1) is 9.79. The zero-order valence-corrected chi connectivity index (χ0v) is 10.2. The average Bonchev–Trinajstić information content (AvgIpc) is 2.36. The van der Waals surface area contributed by atoms with E-state index in [1.54, 1.807) is 0 Å². The maximum absolute atomic E-state index is 13.0. The van der Waals surface area contributed by atoms with Crippen molar-refractivity contribution in [2.45, 2.75) is 6.18 Å². The molecule has 2 aromatic carbocycles. The molecule has 0 bridgehead atoms. The van der Waals surface area contributed by atoms with Crippen molar-refractivity contribution in [2.24, 2.45) is 0 Å². The molecule has 0 aliphatic heterocycles. The van der Waals surface area contributed by atoms with Crippen LogP contribution in [0.5, 0.6) is 11.5 Å². The van der Waals surface area contributed by atoms with E-state index in [0.29, 0.717) is 12.1 Å². The van der Waals surface area contributed by atoms with E-state index in [1.807, 2.05) is 0 Å². The standard InChI is InChI=1S/C14H6F5NO/c15-9-4-10(16)6-12(5-9)21-11-1-2-13(14(17,18)19)8(3-11)7-20/h1-6H. The Morgan fingerprint density at radius 1 is 0.905 bits per heavy atom. The molecule has 0 spiro atoms. The van der Waals surface area contributed by atoms with Gasteiger partial charge >= 0.3 is 6.18 Å². The summed E-state index contributed by atoms with van der Waals surface area (Å²) >= 11 is 0. The van der Waals surface area contributed by atoms with E-state index < -0.39 is 28.9 Å². The number of hydrogen-bond acceptors (Lipinski definition) is 2. The molecule has 0 N–H and O–H groups in total. The van der Waals surface area contributed by atoms with Crippen molar-refractivity contribution in [2.75, 3.05) is 0 Å². The van der Waals surface area contributed by atoms with Crippen molar-refractivity contribution in [1.29, 1.82) is 5.26 Å².